The Morgan fingerprint density at radius 2 is 2.05 bits per heavy atom. The van der Waals surface area contributed by atoms with Gasteiger partial charge in [-0.2, -0.15) is 0 Å². The van der Waals surface area contributed by atoms with Crippen molar-refractivity contribution < 1.29 is 9.47 Å². The van der Waals surface area contributed by atoms with Gasteiger partial charge >= 0.3 is 0 Å². The predicted octanol–water partition coefficient (Wildman–Crippen LogP) is 1.76. The summed E-state index contributed by atoms with van der Waals surface area (Å²) in [4.78, 5) is 4.72. The fraction of sp³-hybridized carbons (Fsp3) is 0.562. The van der Waals surface area contributed by atoms with Crippen LogP contribution in [0.4, 0.5) is 0 Å². The normalized spacial score (nSPS) is 12.9. The summed E-state index contributed by atoms with van der Waals surface area (Å²) in [6.07, 6.45) is 1.86. The highest BCUT2D eigenvalue weighted by atomic mass is 16.5. The second-order valence-electron chi connectivity index (χ2n) is 5.16. The Bertz CT molecular complexity index is 553. The molecule has 0 radical (unpaired) electrons. The summed E-state index contributed by atoms with van der Waals surface area (Å²) in [5.74, 6) is 1.10. The van der Waals surface area contributed by atoms with E-state index in [9.17, 15) is 0 Å². The Kier molecular flexibility index (Phi) is 6.17. The zero-order chi connectivity index (χ0) is 15.1. The standard InChI is InChI=1S/C16H25N3O2/c1-17-13(8-9-21-11-10-20-3)12-16-18-14-6-4-5-7-15(14)19(16)2/h4-7,13,17H,8-12H2,1-3H3. The zero-order valence-corrected chi connectivity index (χ0v) is 13.1. The topological polar surface area (TPSA) is 48.3 Å². The molecule has 2 aromatic rings. The van der Waals surface area contributed by atoms with Crippen LogP contribution in [0.1, 0.15) is 12.2 Å². The number of benzene rings is 1. The number of methoxy groups -OCH3 is 1. The molecule has 116 valence electrons. The van der Waals surface area contributed by atoms with Crippen LogP contribution in [0.15, 0.2) is 24.3 Å². The molecule has 0 bridgehead atoms. The van der Waals surface area contributed by atoms with Crippen LogP contribution in [-0.2, 0) is 22.9 Å². The second kappa shape index (κ2) is 8.12. The zero-order valence-electron chi connectivity index (χ0n) is 13.1. The molecule has 0 amide bonds. The minimum absolute atomic E-state index is 0.364. The minimum atomic E-state index is 0.364. The molecule has 0 aliphatic carbocycles. The molecule has 1 aromatic heterocycles. The van der Waals surface area contributed by atoms with E-state index < -0.39 is 0 Å². The number of nitrogens with zero attached hydrogens (tertiary/aromatic N) is 2. The van der Waals surface area contributed by atoms with E-state index in [1.54, 1.807) is 7.11 Å². The highest BCUT2D eigenvalue weighted by Crippen LogP contribution is 2.15. The fourth-order valence-corrected chi connectivity index (χ4v) is 2.42. The van der Waals surface area contributed by atoms with Crippen molar-refractivity contribution in [3.05, 3.63) is 30.1 Å². The smallest absolute Gasteiger partial charge is 0.111 e. The van der Waals surface area contributed by atoms with Crippen LogP contribution in [0, 0.1) is 0 Å². The van der Waals surface area contributed by atoms with Crippen LogP contribution >= 0.6 is 0 Å². The molecule has 0 spiro atoms. The summed E-state index contributed by atoms with van der Waals surface area (Å²) in [6.45, 7) is 2.03. The summed E-state index contributed by atoms with van der Waals surface area (Å²) in [6, 6.07) is 8.60. The maximum absolute atomic E-state index is 5.54. The average molecular weight is 291 g/mol. The Hall–Kier alpha value is -1.43. The maximum Gasteiger partial charge on any atom is 0.111 e. The van der Waals surface area contributed by atoms with Gasteiger partial charge in [-0.05, 0) is 25.6 Å². The van der Waals surface area contributed by atoms with Gasteiger partial charge < -0.3 is 19.4 Å². The maximum atomic E-state index is 5.54. The van der Waals surface area contributed by atoms with Crippen LogP contribution in [0.5, 0.6) is 0 Å². The van der Waals surface area contributed by atoms with Crippen LogP contribution in [-0.4, -0.2) is 49.6 Å². The molecule has 0 aliphatic heterocycles. The third-order valence-electron chi connectivity index (χ3n) is 3.76. The van der Waals surface area contributed by atoms with E-state index in [1.807, 2.05) is 19.2 Å². The molecule has 1 unspecified atom stereocenters. The van der Waals surface area contributed by atoms with Gasteiger partial charge in [0.2, 0.25) is 0 Å². The highest BCUT2D eigenvalue weighted by Gasteiger charge is 2.13. The monoisotopic (exact) mass is 291 g/mol. The molecule has 0 aliphatic rings. The quantitative estimate of drug-likeness (QED) is 0.715. The van der Waals surface area contributed by atoms with Crippen LogP contribution in [0.25, 0.3) is 11.0 Å². The Morgan fingerprint density at radius 1 is 1.24 bits per heavy atom. The number of aryl methyl sites for hydroxylation is 1. The average Bonchev–Trinajstić information content (AvgIpc) is 2.82. The largest absolute Gasteiger partial charge is 0.382 e. The molecule has 1 N–H and O–H groups in total. The van der Waals surface area contributed by atoms with Crippen LogP contribution in [0.2, 0.25) is 0 Å². The Balaban J connectivity index is 1.92. The van der Waals surface area contributed by atoms with Crippen molar-refractivity contribution >= 4 is 11.0 Å². The summed E-state index contributed by atoms with van der Waals surface area (Å²) in [5.41, 5.74) is 2.24. The van der Waals surface area contributed by atoms with Gasteiger partial charge in [0.15, 0.2) is 0 Å². The molecule has 0 fully saturated rings. The molecule has 0 saturated heterocycles. The van der Waals surface area contributed by atoms with E-state index in [0.29, 0.717) is 19.3 Å². The van der Waals surface area contributed by atoms with Gasteiger partial charge in [0, 0.05) is 33.2 Å². The molecule has 1 heterocycles. The first-order valence-corrected chi connectivity index (χ1v) is 7.40. The fourth-order valence-electron chi connectivity index (χ4n) is 2.42. The van der Waals surface area contributed by atoms with Gasteiger partial charge in [0.05, 0.1) is 24.2 Å². The van der Waals surface area contributed by atoms with Crippen molar-refractivity contribution in [1.82, 2.24) is 14.9 Å². The molecule has 0 saturated carbocycles. The van der Waals surface area contributed by atoms with Gasteiger partial charge in [-0.3, -0.25) is 0 Å². The second-order valence-corrected chi connectivity index (χ2v) is 5.16. The van der Waals surface area contributed by atoms with E-state index in [4.69, 9.17) is 14.5 Å². The first-order valence-electron chi connectivity index (χ1n) is 7.40. The van der Waals surface area contributed by atoms with E-state index in [2.05, 4.69) is 29.1 Å². The lowest BCUT2D eigenvalue weighted by Gasteiger charge is -2.16. The molecule has 2 rings (SSSR count). The van der Waals surface area contributed by atoms with Crippen molar-refractivity contribution in [2.45, 2.75) is 18.9 Å². The number of para-hydroxylation sites is 2. The number of fused-ring (bicyclic) bond motifs is 1. The number of rotatable bonds is 9. The first kappa shape index (κ1) is 15.9. The number of nitrogens with one attached hydrogen (secondary N) is 1. The Labute approximate surface area is 126 Å². The molecule has 21 heavy (non-hydrogen) atoms. The molecular weight excluding hydrogens is 266 g/mol. The SMILES string of the molecule is CNC(CCOCCOC)Cc1nc2ccccc2n1C. The van der Waals surface area contributed by atoms with Crippen molar-refractivity contribution in [3.63, 3.8) is 0 Å². The predicted molar refractivity (Wildman–Crippen MR) is 84.6 cm³/mol. The van der Waals surface area contributed by atoms with E-state index in [0.717, 1.165) is 30.8 Å². The van der Waals surface area contributed by atoms with Crippen molar-refractivity contribution in [3.8, 4) is 0 Å². The lowest BCUT2D eigenvalue weighted by Crippen LogP contribution is -2.30. The molecular formula is C16H25N3O2. The third-order valence-corrected chi connectivity index (χ3v) is 3.76. The van der Waals surface area contributed by atoms with Gasteiger partial charge in [-0.25, -0.2) is 4.98 Å². The van der Waals surface area contributed by atoms with Crippen LogP contribution in [0.3, 0.4) is 0 Å². The van der Waals surface area contributed by atoms with E-state index in [1.165, 1.54) is 5.52 Å². The molecule has 1 aromatic carbocycles. The molecule has 5 heteroatoms. The highest BCUT2D eigenvalue weighted by molar-refractivity contribution is 5.75. The van der Waals surface area contributed by atoms with Gasteiger partial charge in [-0.1, -0.05) is 12.1 Å². The van der Waals surface area contributed by atoms with Crippen molar-refractivity contribution in [2.75, 3.05) is 34.0 Å². The number of likely N-dealkylation sites (N-methyl/N-ethyl adjacent to an activating group) is 1. The Morgan fingerprint density at radius 3 is 2.76 bits per heavy atom. The molecule has 5 nitrogen and oxygen atoms in total. The summed E-state index contributed by atoms with van der Waals surface area (Å²) >= 11 is 0. The number of imidazole rings is 1. The summed E-state index contributed by atoms with van der Waals surface area (Å²) < 4.78 is 12.7. The lowest BCUT2D eigenvalue weighted by atomic mass is 10.1. The lowest BCUT2D eigenvalue weighted by molar-refractivity contribution is 0.0660. The third kappa shape index (κ3) is 4.27. The van der Waals surface area contributed by atoms with Gasteiger partial charge in [-0.15, -0.1) is 0 Å². The van der Waals surface area contributed by atoms with Gasteiger partial charge in [0.1, 0.15) is 5.82 Å². The number of aromatic nitrogens is 2. The number of ether oxygens (including phenoxy) is 2. The van der Waals surface area contributed by atoms with Gasteiger partial charge in [0.25, 0.3) is 0 Å². The van der Waals surface area contributed by atoms with Crippen LogP contribution < -0.4 is 5.32 Å². The minimum Gasteiger partial charge on any atom is -0.382 e. The number of hydrogen-bond donors (Lipinski definition) is 1. The molecule has 1 atom stereocenters. The number of hydrogen-bond acceptors (Lipinski definition) is 4. The first-order chi connectivity index (χ1) is 10.3. The summed E-state index contributed by atoms with van der Waals surface area (Å²) in [5, 5.41) is 3.35. The van der Waals surface area contributed by atoms with E-state index >= 15 is 0 Å². The van der Waals surface area contributed by atoms with Crippen molar-refractivity contribution in [1.29, 1.82) is 0 Å². The van der Waals surface area contributed by atoms with Crippen molar-refractivity contribution in [2.24, 2.45) is 7.05 Å². The van der Waals surface area contributed by atoms with E-state index in [-0.39, 0.29) is 0 Å². The summed E-state index contributed by atoms with van der Waals surface area (Å²) in [7, 11) is 5.75.